The van der Waals surface area contributed by atoms with Gasteiger partial charge in [-0.25, -0.2) is 0 Å². The molecular weight excluding hydrogens is 267 g/mol. The normalized spacial score (nSPS) is 19.4. The fraction of sp³-hybridized carbons (Fsp3) is 0.600. The average molecular weight is 287 g/mol. The SMILES string of the molecule is CC(C)N(CC(F)(F)F)C1CCCc2ccc(O)cc21. The van der Waals surface area contributed by atoms with Gasteiger partial charge >= 0.3 is 6.18 Å². The number of phenolic OH excluding ortho intramolecular Hbond substituents is 1. The molecule has 1 unspecified atom stereocenters. The molecule has 0 aromatic heterocycles. The predicted octanol–water partition coefficient (Wildman–Crippen LogP) is 4.04. The Hall–Kier alpha value is -1.23. The molecule has 0 aliphatic heterocycles. The maximum Gasteiger partial charge on any atom is 0.401 e. The minimum Gasteiger partial charge on any atom is -0.508 e. The molecular formula is C15H20F3NO. The molecule has 1 atom stereocenters. The van der Waals surface area contributed by atoms with Crippen LogP contribution in [0.2, 0.25) is 0 Å². The molecule has 0 bridgehead atoms. The summed E-state index contributed by atoms with van der Waals surface area (Å²) in [6.45, 7) is 2.65. The van der Waals surface area contributed by atoms with Gasteiger partial charge in [-0.2, -0.15) is 13.2 Å². The van der Waals surface area contributed by atoms with Gasteiger partial charge in [-0.15, -0.1) is 0 Å². The van der Waals surface area contributed by atoms with Gasteiger partial charge in [0, 0.05) is 12.1 Å². The molecule has 5 heteroatoms. The highest BCUT2D eigenvalue weighted by atomic mass is 19.4. The van der Waals surface area contributed by atoms with Gasteiger partial charge < -0.3 is 5.11 Å². The van der Waals surface area contributed by atoms with Crippen LogP contribution in [-0.2, 0) is 6.42 Å². The van der Waals surface area contributed by atoms with Gasteiger partial charge in [-0.05, 0) is 56.4 Å². The molecule has 2 nitrogen and oxygen atoms in total. The summed E-state index contributed by atoms with van der Waals surface area (Å²) in [5.74, 6) is 0.117. The molecule has 1 aromatic carbocycles. The lowest BCUT2D eigenvalue weighted by molar-refractivity contribution is -0.156. The van der Waals surface area contributed by atoms with Crippen LogP contribution < -0.4 is 0 Å². The van der Waals surface area contributed by atoms with Crippen molar-refractivity contribution in [2.45, 2.75) is 51.4 Å². The van der Waals surface area contributed by atoms with E-state index in [1.807, 2.05) is 6.07 Å². The van der Waals surface area contributed by atoms with E-state index < -0.39 is 12.7 Å². The molecule has 1 aromatic rings. The van der Waals surface area contributed by atoms with Crippen LogP contribution in [0.4, 0.5) is 13.2 Å². The Bertz CT molecular complexity index is 471. The highest BCUT2D eigenvalue weighted by molar-refractivity contribution is 5.38. The van der Waals surface area contributed by atoms with Gasteiger partial charge in [0.1, 0.15) is 5.75 Å². The number of benzene rings is 1. The van der Waals surface area contributed by atoms with E-state index in [4.69, 9.17) is 0 Å². The van der Waals surface area contributed by atoms with Crippen molar-refractivity contribution in [3.8, 4) is 5.75 Å². The van der Waals surface area contributed by atoms with Crippen LogP contribution in [0, 0.1) is 0 Å². The topological polar surface area (TPSA) is 23.5 Å². The largest absolute Gasteiger partial charge is 0.508 e. The van der Waals surface area contributed by atoms with Crippen molar-refractivity contribution in [3.63, 3.8) is 0 Å². The summed E-state index contributed by atoms with van der Waals surface area (Å²) in [4.78, 5) is 1.48. The summed E-state index contributed by atoms with van der Waals surface area (Å²) in [6, 6.07) is 4.57. The van der Waals surface area contributed by atoms with Crippen LogP contribution in [0.5, 0.6) is 5.75 Å². The number of phenols is 1. The molecule has 0 spiro atoms. The number of nitrogens with zero attached hydrogens (tertiary/aromatic N) is 1. The van der Waals surface area contributed by atoms with Crippen LogP contribution in [0.15, 0.2) is 18.2 Å². The Morgan fingerprint density at radius 3 is 2.65 bits per heavy atom. The zero-order valence-corrected chi connectivity index (χ0v) is 11.7. The van der Waals surface area contributed by atoms with E-state index in [9.17, 15) is 18.3 Å². The summed E-state index contributed by atoms with van der Waals surface area (Å²) in [7, 11) is 0. The van der Waals surface area contributed by atoms with Crippen molar-refractivity contribution in [2.75, 3.05) is 6.54 Å². The Balaban J connectivity index is 2.34. The Labute approximate surface area is 117 Å². The number of aromatic hydroxyl groups is 1. The lowest BCUT2D eigenvalue weighted by Crippen LogP contribution is -2.42. The molecule has 1 aliphatic carbocycles. The van der Waals surface area contributed by atoms with Crippen LogP contribution in [0.3, 0.4) is 0 Å². The van der Waals surface area contributed by atoms with Crippen molar-refractivity contribution in [3.05, 3.63) is 29.3 Å². The van der Waals surface area contributed by atoms with Crippen LogP contribution in [0.1, 0.15) is 43.9 Å². The molecule has 0 fully saturated rings. The van der Waals surface area contributed by atoms with E-state index in [0.29, 0.717) is 6.42 Å². The first kappa shape index (κ1) is 15.2. The summed E-state index contributed by atoms with van der Waals surface area (Å²) in [5, 5.41) is 9.62. The third kappa shape index (κ3) is 3.45. The number of hydrogen-bond acceptors (Lipinski definition) is 2. The summed E-state index contributed by atoms with van der Waals surface area (Å²) >= 11 is 0. The third-order valence-electron chi connectivity index (χ3n) is 3.84. The van der Waals surface area contributed by atoms with Crippen molar-refractivity contribution in [2.24, 2.45) is 0 Å². The lowest BCUT2D eigenvalue weighted by Gasteiger charge is -2.38. The minimum absolute atomic E-state index is 0.117. The quantitative estimate of drug-likeness (QED) is 0.907. The van der Waals surface area contributed by atoms with E-state index in [2.05, 4.69) is 0 Å². The molecule has 20 heavy (non-hydrogen) atoms. The first-order valence-electron chi connectivity index (χ1n) is 6.92. The number of halogens is 3. The first-order valence-corrected chi connectivity index (χ1v) is 6.92. The van der Waals surface area contributed by atoms with Gasteiger partial charge in [0.2, 0.25) is 0 Å². The standard InChI is InChI=1S/C15H20F3NO/c1-10(2)19(9-15(16,17)18)14-5-3-4-11-6-7-12(20)8-13(11)14/h6-8,10,14,20H,3-5,9H2,1-2H3. The molecule has 0 amide bonds. The molecule has 1 N–H and O–H groups in total. The highest BCUT2D eigenvalue weighted by Crippen LogP contribution is 2.38. The number of aryl methyl sites for hydroxylation is 1. The fourth-order valence-electron chi connectivity index (χ4n) is 2.97. The van der Waals surface area contributed by atoms with E-state index in [0.717, 1.165) is 24.0 Å². The number of rotatable bonds is 3. The molecule has 112 valence electrons. The minimum atomic E-state index is -4.21. The molecule has 0 radical (unpaired) electrons. The summed E-state index contributed by atoms with van der Waals surface area (Å²) in [6.07, 6.45) is -1.77. The van der Waals surface area contributed by atoms with Crippen molar-refractivity contribution >= 4 is 0 Å². The van der Waals surface area contributed by atoms with Gasteiger partial charge in [0.05, 0.1) is 6.54 Å². The Morgan fingerprint density at radius 2 is 2.05 bits per heavy atom. The summed E-state index contributed by atoms with van der Waals surface area (Å²) in [5.41, 5.74) is 1.89. The third-order valence-corrected chi connectivity index (χ3v) is 3.84. The second-order valence-corrected chi connectivity index (χ2v) is 5.67. The number of hydrogen-bond donors (Lipinski definition) is 1. The van der Waals surface area contributed by atoms with Crippen molar-refractivity contribution in [1.29, 1.82) is 0 Å². The fourth-order valence-corrected chi connectivity index (χ4v) is 2.97. The van der Waals surface area contributed by atoms with Gasteiger partial charge in [-0.1, -0.05) is 6.07 Å². The zero-order chi connectivity index (χ0) is 14.9. The van der Waals surface area contributed by atoms with Gasteiger partial charge in [0.15, 0.2) is 0 Å². The second-order valence-electron chi connectivity index (χ2n) is 5.67. The molecule has 1 aliphatic rings. The van der Waals surface area contributed by atoms with Crippen LogP contribution in [0.25, 0.3) is 0 Å². The molecule has 0 saturated carbocycles. The average Bonchev–Trinajstić information content (AvgIpc) is 2.34. The number of alkyl halides is 3. The van der Waals surface area contributed by atoms with E-state index in [1.165, 1.54) is 4.90 Å². The second kappa shape index (κ2) is 5.64. The highest BCUT2D eigenvalue weighted by Gasteiger charge is 2.37. The maximum absolute atomic E-state index is 12.8. The van der Waals surface area contributed by atoms with E-state index in [-0.39, 0.29) is 17.8 Å². The van der Waals surface area contributed by atoms with Crippen molar-refractivity contribution in [1.82, 2.24) is 4.90 Å². The van der Waals surface area contributed by atoms with Gasteiger partial charge in [-0.3, -0.25) is 4.90 Å². The first-order chi connectivity index (χ1) is 9.28. The monoisotopic (exact) mass is 287 g/mol. The summed E-state index contributed by atoms with van der Waals surface area (Å²) < 4.78 is 38.4. The van der Waals surface area contributed by atoms with Gasteiger partial charge in [0.25, 0.3) is 0 Å². The Morgan fingerprint density at radius 1 is 1.35 bits per heavy atom. The maximum atomic E-state index is 12.8. The predicted molar refractivity (Wildman–Crippen MR) is 71.7 cm³/mol. The molecule has 2 rings (SSSR count). The van der Waals surface area contributed by atoms with Crippen LogP contribution >= 0.6 is 0 Å². The van der Waals surface area contributed by atoms with Crippen molar-refractivity contribution < 1.29 is 18.3 Å². The number of fused-ring (bicyclic) bond motifs is 1. The van der Waals surface area contributed by atoms with E-state index in [1.54, 1.807) is 26.0 Å². The molecule has 0 saturated heterocycles. The molecule has 0 heterocycles. The zero-order valence-electron chi connectivity index (χ0n) is 11.7. The van der Waals surface area contributed by atoms with Crippen LogP contribution in [-0.4, -0.2) is 28.8 Å². The van der Waals surface area contributed by atoms with E-state index >= 15 is 0 Å². The Kier molecular flexibility index (Phi) is 4.28. The lowest BCUT2D eigenvalue weighted by atomic mass is 9.86. The smallest absolute Gasteiger partial charge is 0.401 e.